The van der Waals surface area contributed by atoms with Crippen molar-refractivity contribution in [2.45, 2.75) is 12.8 Å². The predicted octanol–water partition coefficient (Wildman–Crippen LogP) is -1.40. The van der Waals surface area contributed by atoms with Gasteiger partial charge in [0.2, 0.25) is 11.8 Å². The highest BCUT2D eigenvalue weighted by atomic mass is 16.5. The summed E-state index contributed by atoms with van der Waals surface area (Å²) in [5.41, 5.74) is 0. The van der Waals surface area contributed by atoms with Crippen molar-refractivity contribution < 1.29 is 33.4 Å². The standard InChI is InChI=1S/C17H27N3O7/c1-25-13-15(22)19-7-10-27-12-11-26-9-6-18-14(21)3-2-8-20-16(23)4-5-17(20)24/h4-5H,2-3,6-13H2,1H3,(H,18,21)(H,19,22). The number of hydrogen-bond acceptors (Lipinski definition) is 7. The Labute approximate surface area is 158 Å². The fraction of sp³-hybridized carbons (Fsp3) is 0.647. The summed E-state index contributed by atoms with van der Waals surface area (Å²) >= 11 is 0. The molecule has 0 atom stereocenters. The van der Waals surface area contributed by atoms with Crippen LogP contribution in [-0.2, 0) is 33.4 Å². The molecule has 1 rings (SSSR count). The van der Waals surface area contributed by atoms with Crippen LogP contribution in [0, 0.1) is 0 Å². The molecule has 27 heavy (non-hydrogen) atoms. The van der Waals surface area contributed by atoms with Gasteiger partial charge in [-0.1, -0.05) is 0 Å². The van der Waals surface area contributed by atoms with Crippen LogP contribution in [0.25, 0.3) is 0 Å². The van der Waals surface area contributed by atoms with Crippen molar-refractivity contribution >= 4 is 23.6 Å². The van der Waals surface area contributed by atoms with Crippen molar-refractivity contribution in [1.82, 2.24) is 15.5 Å². The number of methoxy groups -OCH3 is 1. The van der Waals surface area contributed by atoms with E-state index in [0.717, 1.165) is 4.90 Å². The minimum Gasteiger partial charge on any atom is -0.377 e. The third kappa shape index (κ3) is 10.4. The van der Waals surface area contributed by atoms with Gasteiger partial charge in [0, 0.05) is 45.3 Å². The highest BCUT2D eigenvalue weighted by Gasteiger charge is 2.22. The molecule has 0 bridgehead atoms. The molecular formula is C17H27N3O7. The molecule has 0 unspecified atom stereocenters. The first kappa shape index (κ1) is 22.7. The van der Waals surface area contributed by atoms with Crippen molar-refractivity contribution in [1.29, 1.82) is 0 Å². The monoisotopic (exact) mass is 385 g/mol. The van der Waals surface area contributed by atoms with Crippen LogP contribution in [0.5, 0.6) is 0 Å². The summed E-state index contributed by atoms with van der Waals surface area (Å²) in [5, 5.41) is 5.32. The lowest BCUT2D eigenvalue weighted by Crippen LogP contribution is -2.32. The zero-order chi connectivity index (χ0) is 19.9. The molecule has 0 radical (unpaired) electrons. The lowest BCUT2D eigenvalue weighted by molar-refractivity contribution is -0.137. The smallest absolute Gasteiger partial charge is 0.253 e. The number of ether oxygens (including phenoxy) is 3. The van der Waals surface area contributed by atoms with E-state index in [0.29, 0.717) is 45.9 Å². The number of hydrogen-bond donors (Lipinski definition) is 2. The Morgan fingerprint density at radius 1 is 0.926 bits per heavy atom. The van der Waals surface area contributed by atoms with Gasteiger partial charge in [-0.15, -0.1) is 0 Å². The van der Waals surface area contributed by atoms with Gasteiger partial charge in [-0.3, -0.25) is 24.1 Å². The number of carbonyl (C=O) groups excluding carboxylic acids is 4. The van der Waals surface area contributed by atoms with Gasteiger partial charge in [0.15, 0.2) is 0 Å². The number of nitrogens with zero attached hydrogens (tertiary/aromatic N) is 1. The molecule has 0 saturated heterocycles. The molecule has 2 N–H and O–H groups in total. The Kier molecular flexibility index (Phi) is 11.7. The van der Waals surface area contributed by atoms with Crippen LogP contribution in [0.4, 0.5) is 0 Å². The van der Waals surface area contributed by atoms with Crippen molar-refractivity contribution in [2.75, 3.05) is 59.8 Å². The van der Waals surface area contributed by atoms with Gasteiger partial charge >= 0.3 is 0 Å². The van der Waals surface area contributed by atoms with E-state index in [4.69, 9.17) is 9.47 Å². The predicted molar refractivity (Wildman–Crippen MR) is 94.6 cm³/mol. The topological polar surface area (TPSA) is 123 Å². The first-order valence-corrected chi connectivity index (χ1v) is 8.76. The molecule has 0 aromatic carbocycles. The van der Waals surface area contributed by atoms with Crippen LogP contribution in [0.1, 0.15) is 12.8 Å². The SMILES string of the molecule is COCC(=O)NCCOCCOCCNC(=O)CCCN1C(=O)C=CC1=O. The second kappa shape index (κ2) is 13.8. The van der Waals surface area contributed by atoms with Gasteiger partial charge in [-0.05, 0) is 6.42 Å². The molecule has 1 aliphatic rings. The molecular weight excluding hydrogens is 358 g/mol. The molecule has 10 heteroatoms. The molecule has 0 aromatic heterocycles. The summed E-state index contributed by atoms with van der Waals surface area (Å²) in [6, 6.07) is 0. The van der Waals surface area contributed by atoms with Gasteiger partial charge in [0.05, 0.1) is 26.4 Å². The Balaban J connectivity index is 1.86. The summed E-state index contributed by atoms with van der Waals surface area (Å²) < 4.78 is 15.3. The molecule has 1 aliphatic heterocycles. The van der Waals surface area contributed by atoms with E-state index in [-0.39, 0.29) is 43.2 Å². The highest BCUT2D eigenvalue weighted by Crippen LogP contribution is 2.05. The minimum absolute atomic E-state index is 0.0283. The van der Waals surface area contributed by atoms with Gasteiger partial charge < -0.3 is 24.8 Å². The van der Waals surface area contributed by atoms with E-state index < -0.39 is 0 Å². The third-order valence-electron chi connectivity index (χ3n) is 3.47. The summed E-state index contributed by atoms with van der Waals surface area (Å²) in [7, 11) is 1.45. The second-order valence-electron chi connectivity index (χ2n) is 5.62. The van der Waals surface area contributed by atoms with Gasteiger partial charge in [-0.2, -0.15) is 0 Å². The quantitative estimate of drug-likeness (QED) is 0.263. The molecule has 4 amide bonds. The Morgan fingerprint density at radius 3 is 2.04 bits per heavy atom. The van der Waals surface area contributed by atoms with Crippen LogP contribution < -0.4 is 10.6 Å². The van der Waals surface area contributed by atoms with E-state index in [9.17, 15) is 19.2 Å². The summed E-state index contributed by atoms with van der Waals surface area (Å²) in [5.74, 6) is -1.03. The number of amides is 4. The van der Waals surface area contributed by atoms with Crippen molar-refractivity contribution in [2.24, 2.45) is 0 Å². The number of carbonyl (C=O) groups is 4. The van der Waals surface area contributed by atoms with E-state index in [1.54, 1.807) is 0 Å². The van der Waals surface area contributed by atoms with Crippen molar-refractivity contribution in [3.63, 3.8) is 0 Å². The molecule has 10 nitrogen and oxygen atoms in total. The number of imide groups is 1. The van der Waals surface area contributed by atoms with Crippen LogP contribution in [0.2, 0.25) is 0 Å². The van der Waals surface area contributed by atoms with E-state index >= 15 is 0 Å². The average Bonchev–Trinajstić information content (AvgIpc) is 2.95. The van der Waals surface area contributed by atoms with Gasteiger partial charge in [-0.25, -0.2) is 0 Å². The van der Waals surface area contributed by atoms with Gasteiger partial charge in [0.25, 0.3) is 11.8 Å². The summed E-state index contributed by atoms with van der Waals surface area (Å²) in [4.78, 5) is 46.5. The molecule has 0 spiro atoms. The third-order valence-corrected chi connectivity index (χ3v) is 3.47. The zero-order valence-corrected chi connectivity index (χ0v) is 15.5. The Morgan fingerprint density at radius 2 is 1.48 bits per heavy atom. The highest BCUT2D eigenvalue weighted by molar-refractivity contribution is 6.12. The first-order valence-electron chi connectivity index (χ1n) is 8.76. The number of rotatable bonds is 15. The van der Waals surface area contributed by atoms with Crippen molar-refractivity contribution in [3.05, 3.63) is 12.2 Å². The van der Waals surface area contributed by atoms with Gasteiger partial charge in [0.1, 0.15) is 6.61 Å². The molecule has 0 fully saturated rings. The lowest BCUT2D eigenvalue weighted by atomic mass is 10.3. The normalized spacial score (nSPS) is 13.3. The van der Waals surface area contributed by atoms with E-state index in [1.165, 1.54) is 19.3 Å². The Bertz CT molecular complexity index is 519. The molecule has 0 saturated carbocycles. The molecule has 0 aromatic rings. The van der Waals surface area contributed by atoms with E-state index in [1.807, 2.05) is 0 Å². The largest absolute Gasteiger partial charge is 0.377 e. The first-order chi connectivity index (χ1) is 13.0. The minimum atomic E-state index is -0.339. The van der Waals surface area contributed by atoms with Crippen molar-refractivity contribution in [3.8, 4) is 0 Å². The molecule has 1 heterocycles. The molecule has 152 valence electrons. The maximum Gasteiger partial charge on any atom is 0.253 e. The fourth-order valence-electron chi connectivity index (χ4n) is 2.17. The maximum absolute atomic E-state index is 11.6. The average molecular weight is 385 g/mol. The van der Waals surface area contributed by atoms with Crippen LogP contribution >= 0.6 is 0 Å². The van der Waals surface area contributed by atoms with Crippen LogP contribution in [0.15, 0.2) is 12.2 Å². The second-order valence-corrected chi connectivity index (χ2v) is 5.62. The lowest BCUT2D eigenvalue weighted by Gasteiger charge is -2.13. The maximum atomic E-state index is 11.6. The van der Waals surface area contributed by atoms with E-state index in [2.05, 4.69) is 15.4 Å². The summed E-state index contributed by atoms with van der Waals surface area (Å²) in [6.07, 6.45) is 3.09. The summed E-state index contributed by atoms with van der Waals surface area (Å²) in [6.45, 7) is 2.55. The Hall–Kier alpha value is -2.30. The zero-order valence-electron chi connectivity index (χ0n) is 15.5. The molecule has 0 aliphatic carbocycles. The van der Waals surface area contributed by atoms with Crippen LogP contribution in [-0.4, -0.2) is 88.3 Å². The number of nitrogens with one attached hydrogen (secondary N) is 2. The fourth-order valence-corrected chi connectivity index (χ4v) is 2.17. The van der Waals surface area contributed by atoms with Crippen LogP contribution in [0.3, 0.4) is 0 Å².